The van der Waals surface area contributed by atoms with Gasteiger partial charge in [-0.2, -0.15) is 5.10 Å². The average Bonchev–Trinajstić information content (AvgIpc) is 2.47. The van der Waals surface area contributed by atoms with Crippen LogP contribution in [0.1, 0.15) is 23.9 Å². The molecule has 0 aliphatic heterocycles. The molecule has 0 bridgehead atoms. The Bertz CT molecular complexity index is 372. The molecule has 5 nitrogen and oxygen atoms in total. The molecule has 1 aromatic rings. The molecular formula is C11H19N3O2. The van der Waals surface area contributed by atoms with Crippen molar-refractivity contribution >= 4 is 5.97 Å². The van der Waals surface area contributed by atoms with Crippen LogP contribution in [0.5, 0.6) is 0 Å². The third-order valence-electron chi connectivity index (χ3n) is 2.50. The second-order valence-corrected chi connectivity index (χ2v) is 3.64. The highest BCUT2D eigenvalue weighted by Crippen LogP contribution is 2.14. The highest BCUT2D eigenvalue weighted by molar-refractivity contribution is 5.73. The van der Waals surface area contributed by atoms with Crippen LogP contribution in [-0.2, 0) is 22.5 Å². The number of hydrogen-bond acceptors (Lipinski definition) is 4. The van der Waals surface area contributed by atoms with Crippen LogP contribution < -0.4 is 5.73 Å². The molecule has 16 heavy (non-hydrogen) atoms. The topological polar surface area (TPSA) is 70.1 Å². The number of aryl methyl sites for hydroxylation is 1. The minimum Gasteiger partial charge on any atom is -0.466 e. The van der Waals surface area contributed by atoms with Crippen molar-refractivity contribution in [3.63, 3.8) is 0 Å². The Morgan fingerprint density at radius 2 is 2.19 bits per heavy atom. The maximum Gasteiger partial charge on any atom is 0.310 e. The predicted molar refractivity (Wildman–Crippen MR) is 61.1 cm³/mol. The number of ether oxygens (including phenoxy) is 1. The van der Waals surface area contributed by atoms with Crippen molar-refractivity contribution in [1.29, 1.82) is 0 Å². The fourth-order valence-corrected chi connectivity index (χ4v) is 1.69. The van der Waals surface area contributed by atoms with Crippen LogP contribution in [0.3, 0.4) is 0 Å². The van der Waals surface area contributed by atoms with Gasteiger partial charge in [-0.1, -0.05) is 0 Å². The number of nitrogens with zero attached hydrogens (tertiary/aromatic N) is 2. The van der Waals surface area contributed by atoms with Crippen LogP contribution in [0, 0.1) is 13.8 Å². The Balaban J connectivity index is 2.83. The summed E-state index contributed by atoms with van der Waals surface area (Å²) in [6.45, 7) is 7.28. The summed E-state index contributed by atoms with van der Waals surface area (Å²) in [6, 6.07) is 0. The van der Waals surface area contributed by atoms with Gasteiger partial charge in [0.1, 0.15) is 0 Å². The Morgan fingerprint density at radius 3 is 2.75 bits per heavy atom. The van der Waals surface area contributed by atoms with E-state index in [9.17, 15) is 4.79 Å². The number of rotatable bonds is 5. The Labute approximate surface area is 95.6 Å². The van der Waals surface area contributed by atoms with Crippen molar-refractivity contribution < 1.29 is 9.53 Å². The zero-order valence-electron chi connectivity index (χ0n) is 10.1. The number of esters is 1. The normalized spacial score (nSPS) is 10.5. The van der Waals surface area contributed by atoms with Crippen molar-refractivity contribution in [3.05, 3.63) is 17.0 Å². The van der Waals surface area contributed by atoms with E-state index in [0.717, 1.165) is 17.0 Å². The average molecular weight is 225 g/mol. The van der Waals surface area contributed by atoms with E-state index in [1.807, 2.05) is 18.5 Å². The van der Waals surface area contributed by atoms with Gasteiger partial charge in [-0.05, 0) is 20.8 Å². The zero-order valence-corrected chi connectivity index (χ0v) is 10.1. The van der Waals surface area contributed by atoms with Gasteiger partial charge < -0.3 is 10.5 Å². The van der Waals surface area contributed by atoms with Crippen molar-refractivity contribution in [2.75, 3.05) is 13.2 Å². The van der Waals surface area contributed by atoms with Crippen molar-refractivity contribution in [1.82, 2.24) is 9.78 Å². The maximum absolute atomic E-state index is 11.4. The molecule has 0 saturated carbocycles. The quantitative estimate of drug-likeness (QED) is 0.743. The maximum atomic E-state index is 11.4. The summed E-state index contributed by atoms with van der Waals surface area (Å²) >= 11 is 0. The predicted octanol–water partition coefficient (Wildman–Crippen LogP) is 0.564. The highest BCUT2D eigenvalue weighted by Gasteiger charge is 2.14. The van der Waals surface area contributed by atoms with Gasteiger partial charge in [-0.3, -0.25) is 9.48 Å². The van der Waals surface area contributed by atoms with E-state index in [2.05, 4.69) is 5.10 Å². The largest absolute Gasteiger partial charge is 0.466 e. The summed E-state index contributed by atoms with van der Waals surface area (Å²) in [5.41, 5.74) is 8.31. The van der Waals surface area contributed by atoms with Gasteiger partial charge in [-0.25, -0.2) is 0 Å². The highest BCUT2D eigenvalue weighted by atomic mass is 16.5. The summed E-state index contributed by atoms with van der Waals surface area (Å²) in [4.78, 5) is 11.4. The molecule has 0 aromatic carbocycles. The number of carbonyl (C=O) groups is 1. The summed E-state index contributed by atoms with van der Waals surface area (Å²) < 4.78 is 6.76. The van der Waals surface area contributed by atoms with Gasteiger partial charge in [-0.15, -0.1) is 0 Å². The first kappa shape index (κ1) is 12.7. The lowest BCUT2D eigenvalue weighted by Gasteiger charge is -2.04. The molecule has 1 heterocycles. The molecule has 5 heteroatoms. The van der Waals surface area contributed by atoms with Crippen molar-refractivity contribution in [3.8, 4) is 0 Å². The molecule has 1 rings (SSSR count). The smallest absolute Gasteiger partial charge is 0.310 e. The van der Waals surface area contributed by atoms with E-state index in [1.54, 1.807) is 6.92 Å². The molecule has 0 fully saturated rings. The molecule has 0 amide bonds. The van der Waals surface area contributed by atoms with E-state index in [0.29, 0.717) is 19.7 Å². The van der Waals surface area contributed by atoms with Gasteiger partial charge in [0.2, 0.25) is 0 Å². The van der Waals surface area contributed by atoms with Crippen LogP contribution in [0.2, 0.25) is 0 Å². The summed E-state index contributed by atoms with van der Waals surface area (Å²) in [6.07, 6.45) is 0.288. The Morgan fingerprint density at radius 1 is 1.50 bits per heavy atom. The molecule has 0 atom stereocenters. The fraction of sp³-hybridized carbons (Fsp3) is 0.636. The number of nitrogens with two attached hydrogens (primary N) is 1. The van der Waals surface area contributed by atoms with Gasteiger partial charge in [0.15, 0.2) is 0 Å². The minimum atomic E-state index is -0.207. The van der Waals surface area contributed by atoms with Crippen LogP contribution in [0.15, 0.2) is 0 Å². The molecule has 0 spiro atoms. The third-order valence-corrected chi connectivity index (χ3v) is 2.50. The van der Waals surface area contributed by atoms with E-state index in [1.165, 1.54) is 0 Å². The van der Waals surface area contributed by atoms with E-state index in [4.69, 9.17) is 10.5 Å². The molecule has 2 N–H and O–H groups in total. The summed E-state index contributed by atoms with van der Waals surface area (Å²) in [5.74, 6) is -0.207. The van der Waals surface area contributed by atoms with Gasteiger partial charge in [0.25, 0.3) is 0 Å². The Kier molecular flexibility index (Phi) is 4.49. The van der Waals surface area contributed by atoms with Gasteiger partial charge >= 0.3 is 5.97 Å². The van der Waals surface area contributed by atoms with Crippen molar-refractivity contribution in [2.45, 2.75) is 33.7 Å². The fourth-order valence-electron chi connectivity index (χ4n) is 1.69. The van der Waals surface area contributed by atoms with Gasteiger partial charge in [0, 0.05) is 17.8 Å². The summed E-state index contributed by atoms with van der Waals surface area (Å²) in [5, 5.41) is 4.34. The minimum absolute atomic E-state index is 0.207. The molecular weight excluding hydrogens is 206 g/mol. The van der Waals surface area contributed by atoms with Crippen LogP contribution in [0.25, 0.3) is 0 Å². The lowest BCUT2D eigenvalue weighted by molar-refractivity contribution is -0.142. The standard InChI is InChI=1S/C11H19N3O2/c1-4-16-11(15)7-10-8(2)13-14(6-5-12)9(10)3/h4-7,12H2,1-3H3. The molecule has 90 valence electrons. The zero-order chi connectivity index (χ0) is 12.1. The number of carbonyl (C=O) groups excluding carboxylic acids is 1. The molecule has 0 aliphatic rings. The van der Waals surface area contributed by atoms with Crippen LogP contribution >= 0.6 is 0 Å². The second kappa shape index (κ2) is 5.65. The molecule has 0 aliphatic carbocycles. The van der Waals surface area contributed by atoms with Crippen molar-refractivity contribution in [2.24, 2.45) is 5.73 Å². The molecule has 0 unspecified atom stereocenters. The van der Waals surface area contributed by atoms with E-state index < -0.39 is 0 Å². The van der Waals surface area contributed by atoms with Crippen LogP contribution in [0.4, 0.5) is 0 Å². The molecule has 0 saturated heterocycles. The number of hydrogen-bond donors (Lipinski definition) is 1. The third kappa shape index (κ3) is 2.82. The monoisotopic (exact) mass is 225 g/mol. The van der Waals surface area contributed by atoms with Gasteiger partial charge in [0.05, 0.1) is 25.3 Å². The summed E-state index contributed by atoms with van der Waals surface area (Å²) in [7, 11) is 0. The number of aromatic nitrogens is 2. The molecule has 1 aromatic heterocycles. The van der Waals surface area contributed by atoms with E-state index in [-0.39, 0.29) is 12.4 Å². The van der Waals surface area contributed by atoms with Crippen LogP contribution in [-0.4, -0.2) is 28.9 Å². The lowest BCUT2D eigenvalue weighted by atomic mass is 10.1. The lowest BCUT2D eigenvalue weighted by Crippen LogP contribution is -2.13. The SMILES string of the molecule is CCOC(=O)Cc1c(C)nn(CCN)c1C. The Hall–Kier alpha value is -1.36. The first-order valence-electron chi connectivity index (χ1n) is 5.48. The first-order chi connectivity index (χ1) is 7.60. The van der Waals surface area contributed by atoms with E-state index >= 15 is 0 Å². The first-order valence-corrected chi connectivity index (χ1v) is 5.48. The second-order valence-electron chi connectivity index (χ2n) is 3.64. The molecule has 0 radical (unpaired) electrons.